The van der Waals surface area contributed by atoms with Crippen molar-refractivity contribution >= 4 is 28.1 Å². The van der Waals surface area contributed by atoms with E-state index in [1.165, 1.54) is 4.68 Å². The molecule has 1 heterocycles. The van der Waals surface area contributed by atoms with Crippen molar-refractivity contribution in [2.45, 2.75) is 39.3 Å². The molecule has 1 aromatic rings. The summed E-state index contributed by atoms with van der Waals surface area (Å²) in [6.45, 7) is 5.70. The van der Waals surface area contributed by atoms with Gasteiger partial charge >= 0.3 is 0 Å². The minimum absolute atomic E-state index is 0.0287. The average molecular weight is 306 g/mol. The lowest BCUT2D eigenvalue weighted by molar-refractivity contribution is 0.503. The fourth-order valence-electron chi connectivity index (χ4n) is 1.59. The largest absolute Gasteiger partial charge is 0.380 e. The fraction of sp³-hybridized carbons (Fsp3) is 0.667. The maximum Gasteiger partial charge on any atom is 0.287 e. The molecular weight excluding hydrogens is 286 g/mol. The maximum atomic E-state index is 12.0. The predicted molar refractivity (Wildman–Crippen MR) is 80.5 cm³/mol. The van der Waals surface area contributed by atoms with Gasteiger partial charge in [-0.15, -0.1) is 0 Å². The number of nitrogens with one attached hydrogen (secondary N) is 1. The van der Waals surface area contributed by atoms with Gasteiger partial charge < -0.3 is 5.32 Å². The Labute approximate surface area is 120 Å². The minimum Gasteiger partial charge on any atom is -0.380 e. The average Bonchev–Trinajstić information content (AvgIpc) is 2.32. The zero-order valence-corrected chi connectivity index (χ0v) is 13.2. The van der Waals surface area contributed by atoms with E-state index in [4.69, 9.17) is 11.6 Å². The molecule has 0 saturated carbocycles. The molecule has 2 unspecified atom stereocenters. The summed E-state index contributed by atoms with van der Waals surface area (Å²) in [5.74, 6) is 0.613. The summed E-state index contributed by atoms with van der Waals surface area (Å²) >= 11 is 6.05. The Morgan fingerprint density at radius 1 is 1.47 bits per heavy atom. The monoisotopic (exact) mass is 305 g/mol. The lowest BCUT2D eigenvalue weighted by atomic mass is 10.2. The topological polar surface area (TPSA) is 64.0 Å². The van der Waals surface area contributed by atoms with E-state index in [2.05, 4.69) is 10.4 Å². The first-order valence-electron chi connectivity index (χ1n) is 6.16. The van der Waals surface area contributed by atoms with E-state index >= 15 is 0 Å². The molecule has 2 atom stereocenters. The molecule has 1 aromatic heterocycles. The lowest BCUT2D eigenvalue weighted by Crippen LogP contribution is -2.27. The van der Waals surface area contributed by atoms with Crippen molar-refractivity contribution in [2.75, 3.05) is 17.3 Å². The number of rotatable bonds is 6. The summed E-state index contributed by atoms with van der Waals surface area (Å²) < 4.78 is 12.4. The molecule has 0 aliphatic carbocycles. The van der Waals surface area contributed by atoms with E-state index in [1.807, 2.05) is 20.8 Å². The van der Waals surface area contributed by atoms with Crippen LogP contribution in [0.25, 0.3) is 0 Å². The molecule has 0 spiro atoms. The highest BCUT2D eigenvalue weighted by Crippen LogP contribution is 2.18. The van der Waals surface area contributed by atoms with Gasteiger partial charge in [0.15, 0.2) is 0 Å². The summed E-state index contributed by atoms with van der Waals surface area (Å²) in [7, 11) is -0.818. The zero-order valence-electron chi connectivity index (χ0n) is 11.6. The second-order valence-electron chi connectivity index (χ2n) is 4.83. The minimum atomic E-state index is -0.818. The van der Waals surface area contributed by atoms with Crippen LogP contribution in [0.5, 0.6) is 0 Å². The van der Waals surface area contributed by atoms with Crippen molar-refractivity contribution < 1.29 is 4.21 Å². The molecule has 0 radical (unpaired) electrons. The van der Waals surface area contributed by atoms with E-state index in [0.717, 1.165) is 6.42 Å². The third kappa shape index (κ3) is 4.62. The molecule has 108 valence electrons. The van der Waals surface area contributed by atoms with E-state index < -0.39 is 10.8 Å². The van der Waals surface area contributed by atoms with Gasteiger partial charge in [-0.1, -0.05) is 11.6 Å². The van der Waals surface area contributed by atoms with E-state index in [-0.39, 0.29) is 22.7 Å². The van der Waals surface area contributed by atoms with Crippen LogP contribution in [-0.4, -0.2) is 32.0 Å². The third-order valence-electron chi connectivity index (χ3n) is 2.67. The molecule has 0 amide bonds. The molecular formula is C12H20ClN3O2S. The smallest absolute Gasteiger partial charge is 0.287 e. The quantitative estimate of drug-likeness (QED) is 0.873. The van der Waals surface area contributed by atoms with Gasteiger partial charge in [-0.05, 0) is 27.2 Å². The van der Waals surface area contributed by atoms with Crippen molar-refractivity contribution in [1.29, 1.82) is 0 Å². The molecule has 1 rings (SSSR count). The molecule has 0 bridgehead atoms. The van der Waals surface area contributed by atoms with Crippen LogP contribution < -0.4 is 10.9 Å². The number of anilines is 1. The Hall–Kier alpha value is -0.880. The Balaban J connectivity index is 2.83. The van der Waals surface area contributed by atoms with Crippen molar-refractivity contribution in [3.63, 3.8) is 0 Å². The Morgan fingerprint density at radius 3 is 2.63 bits per heavy atom. The van der Waals surface area contributed by atoms with E-state index in [9.17, 15) is 9.00 Å². The van der Waals surface area contributed by atoms with Crippen LogP contribution in [-0.2, 0) is 10.8 Å². The Bertz CT molecular complexity index is 516. The summed E-state index contributed by atoms with van der Waals surface area (Å²) in [6.07, 6.45) is 3.97. The molecule has 0 aliphatic heterocycles. The second-order valence-corrected chi connectivity index (χ2v) is 6.76. The van der Waals surface area contributed by atoms with Crippen LogP contribution >= 0.6 is 11.6 Å². The van der Waals surface area contributed by atoms with Gasteiger partial charge in [0, 0.05) is 28.9 Å². The third-order valence-corrected chi connectivity index (χ3v) is 3.85. The SMILES string of the molecule is CC(CCS(C)=O)Nc1cnn(C(C)C)c(=O)c1Cl. The fourth-order valence-corrected chi connectivity index (χ4v) is 2.47. The normalized spacial score (nSPS) is 14.4. The van der Waals surface area contributed by atoms with Crippen molar-refractivity contribution in [3.05, 3.63) is 21.6 Å². The highest BCUT2D eigenvalue weighted by atomic mass is 35.5. The maximum absolute atomic E-state index is 12.0. The first-order valence-corrected chi connectivity index (χ1v) is 8.27. The molecule has 0 aliphatic rings. The van der Waals surface area contributed by atoms with Gasteiger partial charge in [-0.2, -0.15) is 5.10 Å². The van der Waals surface area contributed by atoms with E-state index in [1.54, 1.807) is 12.5 Å². The molecule has 5 nitrogen and oxygen atoms in total. The summed E-state index contributed by atoms with van der Waals surface area (Å²) in [5.41, 5.74) is 0.228. The van der Waals surface area contributed by atoms with Crippen LogP contribution in [0.4, 0.5) is 5.69 Å². The Kier molecular flexibility index (Phi) is 6.00. The van der Waals surface area contributed by atoms with Gasteiger partial charge in [0.2, 0.25) is 0 Å². The number of hydrogen-bond donors (Lipinski definition) is 1. The number of hydrogen-bond acceptors (Lipinski definition) is 4. The first-order chi connectivity index (χ1) is 8.82. The zero-order chi connectivity index (χ0) is 14.6. The summed E-state index contributed by atoms with van der Waals surface area (Å²) in [6, 6.07) is 0.0523. The van der Waals surface area contributed by atoms with Crippen LogP contribution in [0.2, 0.25) is 5.02 Å². The second kappa shape index (κ2) is 7.05. The molecule has 0 fully saturated rings. The van der Waals surface area contributed by atoms with Gasteiger partial charge in [0.25, 0.3) is 5.56 Å². The first kappa shape index (κ1) is 16.2. The number of halogens is 1. The summed E-state index contributed by atoms with van der Waals surface area (Å²) in [4.78, 5) is 12.0. The number of nitrogens with zero attached hydrogens (tertiary/aromatic N) is 2. The van der Waals surface area contributed by atoms with Gasteiger partial charge in [-0.3, -0.25) is 9.00 Å². The lowest BCUT2D eigenvalue weighted by Gasteiger charge is -2.16. The van der Waals surface area contributed by atoms with Crippen LogP contribution in [0, 0.1) is 0 Å². The van der Waals surface area contributed by atoms with Crippen LogP contribution in [0.3, 0.4) is 0 Å². The highest BCUT2D eigenvalue weighted by molar-refractivity contribution is 7.84. The predicted octanol–water partition coefficient (Wildman–Crippen LogP) is 2.05. The molecule has 0 aromatic carbocycles. The van der Waals surface area contributed by atoms with Gasteiger partial charge in [0.05, 0.1) is 17.9 Å². The van der Waals surface area contributed by atoms with Crippen molar-refractivity contribution in [3.8, 4) is 0 Å². The van der Waals surface area contributed by atoms with E-state index in [0.29, 0.717) is 11.4 Å². The highest BCUT2D eigenvalue weighted by Gasteiger charge is 2.13. The standard InChI is InChI=1S/C12H20ClN3O2S/c1-8(2)16-12(17)11(13)10(7-14-16)15-9(3)5-6-19(4)18/h7-9,15H,5-6H2,1-4H3. The molecule has 19 heavy (non-hydrogen) atoms. The van der Waals surface area contributed by atoms with Crippen molar-refractivity contribution in [2.24, 2.45) is 0 Å². The number of aromatic nitrogens is 2. The van der Waals surface area contributed by atoms with Crippen LogP contribution in [0.1, 0.15) is 33.2 Å². The summed E-state index contributed by atoms with van der Waals surface area (Å²) in [5, 5.41) is 7.36. The van der Waals surface area contributed by atoms with Crippen LogP contribution in [0.15, 0.2) is 11.0 Å². The van der Waals surface area contributed by atoms with Gasteiger partial charge in [-0.25, -0.2) is 4.68 Å². The molecule has 1 N–H and O–H groups in total. The molecule has 0 saturated heterocycles. The Morgan fingerprint density at radius 2 is 2.11 bits per heavy atom. The van der Waals surface area contributed by atoms with Crippen molar-refractivity contribution in [1.82, 2.24) is 9.78 Å². The molecule has 7 heteroatoms. The van der Waals surface area contributed by atoms with Gasteiger partial charge in [0.1, 0.15) is 5.02 Å².